The Morgan fingerprint density at radius 1 is 1.41 bits per heavy atom. The summed E-state index contributed by atoms with van der Waals surface area (Å²) in [5.41, 5.74) is 2.22. The van der Waals surface area contributed by atoms with Gasteiger partial charge in [-0.3, -0.25) is 0 Å². The molecule has 0 fully saturated rings. The van der Waals surface area contributed by atoms with Gasteiger partial charge in [0.05, 0.1) is 12.2 Å². The number of fused-ring (bicyclic) bond motifs is 1. The molecule has 1 aromatic carbocycles. The number of halogens is 1. The first-order chi connectivity index (χ1) is 10.6. The van der Waals surface area contributed by atoms with Gasteiger partial charge < -0.3 is 10.1 Å². The summed E-state index contributed by atoms with van der Waals surface area (Å²) in [6.45, 7) is 3.96. The van der Waals surface area contributed by atoms with Gasteiger partial charge in [-0.25, -0.2) is 9.48 Å². The molecule has 0 spiro atoms. The minimum absolute atomic E-state index is 0.326. The van der Waals surface area contributed by atoms with E-state index in [0.29, 0.717) is 18.1 Å². The number of esters is 1. The summed E-state index contributed by atoms with van der Waals surface area (Å²) in [4.78, 5) is 16.6. The number of anilines is 1. The second kappa shape index (κ2) is 5.92. The summed E-state index contributed by atoms with van der Waals surface area (Å²) in [5.74, 6) is 0.264. The number of rotatable bonds is 3. The number of nitrogens with zero attached hydrogens (tertiary/aromatic N) is 3. The van der Waals surface area contributed by atoms with Crippen molar-refractivity contribution in [3.63, 3.8) is 0 Å². The summed E-state index contributed by atoms with van der Waals surface area (Å²) in [5, 5.41) is 7.35. The van der Waals surface area contributed by atoms with Crippen molar-refractivity contribution < 1.29 is 9.53 Å². The Morgan fingerprint density at radius 3 is 2.82 bits per heavy atom. The minimum Gasteiger partial charge on any atom is -0.463 e. The Morgan fingerprint density at radius 2 is 2.14 bits per heavy atom. The monoisotopic (exact) mass is 362 g/mol. The van der Waals surface area contributed by atoms with E-state index in [4.69, 9.17) is 4.74 Å². The highest BCUT2D eigenvalue weighted by Crippen LogP contribution is 2.35. The molecular weight excluding hydrogens is 348 g/mol. The number of benzene rings is 1. The lowest BCUT2D eigenvalue weighted by Crippen LogP contribution is -2.29. The third kappa shape index (κ3) is 2.52. The number of allylic oxidation sites excluding steroid dienone is 1. The lowest BCUT2D eigenvalue weighted by molar-refractivity contribution is -0.139. The summed E-state index contributed by atoms with van der Waals surface area (Å²) in [6, 6.07) is 7.43. The first-order valence-corrected chi connectivity index (χ1v) is 7.71. The minimum atomic E-state index is -0.356. The van der Waals surface area contributed by atoms with Crippen LogP contribution in [0.4, 0.5) is 5.95 Å². The van der Waals surface area contributed by atoms with Gasteiger partial charge in [0, 0.05) is 10.2 Å². The molecule has 2 aromatic rings. The SMILES string of the molecule is CCOC(=O)C1=C(C)Nc2ncnn2[C@@H]1c1ccc(Br)cc1. The molecule has 0 saturated heterocycles. The van der Waals surface area contributed by atoms with Crippen molar-refractivity contribution in [3.05, 3.63) is 51.9 Å². The van der Waals surface area contributed by atoms with E-state index in [9.17, 15) is 4.79 Å². The number of hydrogen-bond acceptors (Lipinski definition) is 5. The molecule has 1 aliphatic heterocycles. The molecular formula is C15H15BrN4O2. The standard InChI is InChI=1S/C15H15BrN4O2/c1-3-22-14(21)12-9(2)19-15-17-8-18-20(15)13(12)10-4-6-11(16)7-5-10/h4-8,13H,3H2,1-2H3,(H,17,18,19)/t13-/m1/s1. The van der Waals surface area contributed by atoms with Crippen molar-refractivity contribution in [2.45, 2.75) is 19.9 Å². The molecule has 7 heteroatoms. The highest BCUT2D eigenvalue weighted by atomic mass is 79.9. The predicted octanol–water partition coefficient (Wildman–Crippen LogP) is 2.89. The Kier molecular flexibility index (Phi) is 3.98. The van der Waals surface area contributed by atoms with Crippen LogP contribution < -0.4 is 5.32 Å². The van der Waals surface area contributed by atoms with Crippen molar-refractivity contribution in [2.75, 3.05) is 11.9 Å². The third-order valence-corrected chi connectivity index (χ3v) is 4.00. The molecule has 6 nitrogen and oxygen atoms in total. The van der Waals surface area contributed by atoms with Crippen LogP contribution in [0.5, 0.6) is 0 Å². The van der Waals surface area contributed by atoms with E-state index in [1.165, 1.54) is 6.33 Å². The Hall–Kier alpha value is -2.15. The summed E-state index contributed by atoms with van der Waals surface area (Å²) < 4.78 is 7.88. The van der Waals surface area contributed by atoms with Gasteiger partial charge in [-0.05, 0) is 31.5 Å². The van der Waals surface area contributed by atoms with Crippen LogP contribution in [0.3, 0.4) is 0 Å². The quantitative estimate of drug-likeness (QED) is 0.850. The smallest absolute Gasteiger partial charge is 0.338 e. The number of aromatic nitrogens is 3. The van der Waals surface area contributed by atoms with Crippen LogP contribution in [-0.4, -0.2) is 27.3 Å². The van der Waals surface area contributed by atoms with Crippen molar-refractivity contribution in [1.82, 2.24) is 14.8 Å². The number of ether oxygens (including phenoxy) is 1. The molecule has 1 aromatic heterocycles. The fourth-order valence-electron chi connectivity index (χ4n) is 2.52. The zero-order valence-corrected chi connectivity index (χ0v) is 13.8. The maximum absolute atomic E-state index is 12.4. The van der Waals surface area contributed by atoms with Gasteiger partial charge in [-0.1, -0.05) is 28.1 Å². The molecule has 3 rings (SSSR count). The van der Waals surface area contributed by atoms with Crippen LogP contribution in [-0.2, 0) is 9.53 Å². The molecule has 2 heterocycles. The number of carbonyl (C=O) groups excluding carboxylic acids is 1. The average molecular weight is 363 g/mol. The maximum Gasteiger partial charge on any atom is 0.338 e. The number of nitrogens with one attached hydrogen (secondary N) is 1. The van der Waals surface area contributed by atoms with E-state index < -0.39 is 0 Å². The predicted molar refractivity (Wildman–Crippen MR) is 85.3 cm³/mol. The van der Waals surface area contributed by atoms with Crippen LogP contribution in [0.15, 0.2) is 46.3 Å². The van der Waals surface area contributed by atoms with E-state index in [2.05, 4.69) is 31.3 Å². The third-order valence-electron chi connectivity index (χ3n) is 3.48. The molecule has 0 unspecified atom stereocenters. The summed E-state index contributed by atoms with van der Waals surface area (Å²) in [6.07, 6.45) is 1.47. The molecule has 1 atom stereocenters. The van der Waals surface area contributed by atoms with Crippen LogP contribution in [0.25, 0.3) is 0 Å². The molecule has 0 saturated carbocycles. The lowest BCUT2D eigenvalue weighted by atomic mass is 9.96. The maximum atomic E-state index is 12.4. The average Bonchev–Trinajstić information content (AvgIpc) is 2.94. The van der Waals surface area contributed by atoms with Crippen LogP contribution >= 0.6 is 15.9 Å². The molecule has 22 heavy (non-hydrogen) atoms. The molecule has 1 N–H and O–H groups in total. The first kappa shape index (κ1) is 14.8. The Balaban J connectivity index is 2.13. The van der Waals surface area contributed by atoms with E-state index >= 15 is 0 Å². The number of hydrogen-bond donors (Lipinski definition) is 1. The molecule has 0 bridgehead atoms. The molecule has 0 aliphatic carbocycles. The summed E-state index contributed by atoms with van der Waals surface area (Å²) in [7, 11) is 0. The molecule has 1 aliphatic rings. The Labute approximate surface area is 136 Å². The normalized spacial score (nSPS) is 17.0. The van der Waals surface area contributed by atoms with Gasteiger partial charge in [0.2, 0.25) is 5.95 Å². The topological polar surface area (TPSA) is 69.0 Å². The first-order valence-electron chi connectivity index (χ1n) is 6.91. The highest BCUT2D eigenvalue weighted by molar-refractivity contribution is 9.10. The van der Waals surface area contributed by atoms with Gasteiger partial charge in [-0.15, -0.1) is 0 Å². The van der Waals surface area contributed by atoms with Crippen molar-refractivity contribution in [1.29, 1.82) is 0 Å². The second-order valence-corrected chi connectivity index (χ2v) is 5.78. The zero-order chi connectivity index (χ0) is 15.7. The highest BCUT2D eigenvalue weighted by Gasteiger charge is 2.34. The van der Waals surface area contributed by atoms with Crippen LogP contribution in [0, 0.1) is 0 Å². The molecule has 0 radical (unpaired) electrons. The van der Waals surface area contributed by atoms with Gasteiger partial charge in [0.25, 0.3) is 0 Å². The zero-order valence-electron chi connectivity index (χ0n) is 12.2. The Bertz CT molecular complexity index is 736. The van der Waals surface area contributed by atoms with Crippen LogP contribution in [0.2, 0.25) is 0 Å². The molecule has 114 valence electrons. The van der Waals surface area contributed by atoms with Gasteiger partial charge in [0.1, 0.15) is 12.4 Å². The summed E-state index contributed by atoms with van der Waals surface area (Å²) >= 11 is 3.42. The van der Waals surface area contributed by atoms with Crippen LogP contribution in [0.1, 0.15) is 25.5 Å². The van der Waals surface area contributed by atoms with Crippen molar-refractivity contribution in [2.24, 2.45) is 0 Å². The fourth-order valence-corrected chi connectivity index (χ4v) is 2.78. The second-order valence-electron chi connectivity index (χ2n) is 4.87. The van der Waals surface area contributed by atoms with Crippen molar-refractivity contribution >= 4 is 27.8 Å². The van der Waals surface area contributed by atoms with Gasteiger partial charge in [0.15, 0.2) is 0 Å². The molecule has 0 amide bonds. The van der Waals surface area contributed by atoms with Gasteiger partial charge >= 0.3 is 5.97 Å². The fraction of sp³-hybridized carbons (Fsp3) is 0.267. The number of carbonyl (C=O) groups is 1. The lowest BCUT2D eigenvalue weighted by Gasteiger charge is -2.28. The van der Waals surface area contributed by atoms with E-state index in [0.717, 1.165) is 15.7 Å². The van der Waals surface area contributed by atoms with E-state index in [1.807, 2.05) is 31.2 Å². The van der Waals surface area contributed by atoms with E-state index in [-0.39, 0.29) is 12.0 Å². The largest absolute Gasteiger partial charge is 0.463 e. The van der Waals surface area contributed by atoms with Crippen molar-refractivity contribution in [3.8, 4) is 0 Å². The van der Waals surface area contributed by atoms with Gasteiger partial charge in [-0.2, -0.15) is 10.1 Å². The van der Waals surface area contributed by atoms with E-state index in [1.54, 1.807) is 11.6 Å².